The number of phenolic OH excluding ortho intramolecular Hbond substituents is 2. The summed E-state index contributed by atoms with van der Waals surface area (Å²) in [6.07, 6.45) is 0. The monoisotopic (exact) mass is 697 g/mol. The summed E-state index contributed by atoms with van der Waals surface area (Å²) in [4.78, 5) is -0.813. The van der Waals surface area contributed by atoms with Gasteiger partial charge in [0.25, 0.3) is 20.2 Å². The molecule has 0 aliphatic rings. The number of rotatable bonds is 8. The lowest BCUT2D eigenvalue weighted by Crippen LogP contribution is -1.97. The molecular formula is C32H23N7O8S2. The molecule has 0 aliphatic heterocycles. The second-order valence-electron chi connectivity index (χ2n) is 10.4. The van der Waals surface area contributed by atoms with Crippen LogP contribution in [0.4, 0.5) is 39.8 Å². The smallest absolute Gasteiger partial charge is 0.294 e. The summed E-state index contributed by atoms with van der Waals surface area (Å²) < 4.78 is 67.3. The molecule has 0 radical (unpaired) electrons. The molecule has 0 bridgehead atoms. The van der Waals surface area contributed by atoms with Gasteiger partial charge in [-0.3, -0.25) is 9.11 Å². The van der Waals surface area contributed by atoms with Gasteiger partial charge < -0.3 is 15.9 Å². The maximum atomic E-state index is 12.0. The van der Waals surface area contributed by atoms with Crippen molar-refractivity contribution in [2.75, 3.05) is 5.73 Å². The molecule has 0 fully saturated rings. The van der Waals surface area contributed by atoms with E-state index in [9.17, 15) is 36.2 Å². The van der Waals surface area contributed by atoms with Crippen molar-refractivity contribution in [3.05, 3.63) is 103 Å². The fraction of sp³-hybridized carbons (Fsp3) is 0. The van der Waals surface area contributed by atoms with E-state index in [4.69, 9.17) is 5.73 Å². The molecule has 15 nitrogen and oxygen atoms in total. The summed E-state index contributed by atoms with van der Waals surface area (Å²) in [6.45, 7) is 0. The highest BCUT2D eigenvalue weighted by Gasteiger charge is 2.16. The first-order chi connectivity index (χ1) is 23.3. The van der Waals surface area contributed by atoms with Crippen molar-refractivity contribution in [2.24, 2.45) is 30.7 Å². The molecule has 0 saturated carbocycles. The largest absolute Gasteiger partial charge is 0.508 e. The van der Waals surface area contributed by atoms with Crippen LogP contribution in [-0.4, -0.2) is 36.2 Å². The number of nitrogen functional groups attached to an aromatic ring is 1. The summed E-state index contributed by atoms with van der Waals surface area (Å²) in [5, 5.41) is 46.2. The van der Waals surface area contributed by atoms with Gasteiger partial charge in [-0.1, -0.05) is 12.1 Å². The van der Waals surface area contributed by atoms with E-state index < -0.39 is 25.1 Å². The van der Waals surface area contributed by atoms with Crippen LogP contribution in [0.5, 0.6) is 11.5 Å². The SMILES string of the molecule is Nc1ccc(N=Nc2ccc(N=Nc3ccc(N=Nc4ccc(O)cc4O)c4cc(S(=O)(=O)O)ccc34)c3cc(S(=O)(=O)O)ccc23)cc1. The van der Waals surface area contributed by atoms with Crippen molar-refractivity contribution in [3.8, 4) is 11.5 Å². The minimum atomic E-state index is -4.61. The van der Waals surface area contributed by atoms with Gasteiger partial charge in [0.05, 0.1) is 38.2 Å². The van der Waals surface area contributed by atoms with Gasteiger partial charge >= 0.3 is 0 Å². The van der Waals surface area contributed by atoms with Gasteiger partial charge in [0.2, 0.25) is 0 Å². The molecule has 6 rings (SSSR count). The predicted octanol–water partition coefficient (Wildman–Crippen LogP) is 8.73. The first-order valence-electron chi connectivity index (χ1n) is 14.0. The van der Waals surface area contributed by atoms with Crippen LogP contribution in [0.25, 0.3) is 21.5 Å². The molecule has 17 heteroatoms. The second kappa shape index (κ2) is 12.8. The van der Waals surface area contributed by atoms with E-state index in [1.54, 1.807) is 30.3 Å². The number of nitrogens with two attached hydrogens (primary N) is 1. The van der Waals surface area contributed by atoms with E-state index in [1.165, 1.54) is 60.7 Å². The van der Waals surface area contributed by atoms with E-state index in [2.05, 4.69) is 30.7 Å². The summed E-state index contributed by atoms with van der Waals surface area (Å²) in [5.74, 6) is -0.534. The predicted molar refractivity (Wildman–Crippen MR) is 181 cm³/mol. The Balaban J connectivity index is 1.46. The van der Waals surface area contributed by atoms with Crippen molar-refractivity contribution in [2.45, 2.75) is 9.79 Å². The molecular weight excluding hydrogens is 675 g/mol. The Morgan fingerprint density at radius 1 is 0.449 bits per heavy atom. The van der Waals surface area contributed by atoms with Gasteiger partial charge in [-0.05, 0) is 84.9 Å². The third-order valence-electron chi connectivity index (χ3n) is 7.14. The van der Waals surface area contributed by atoms with E-state index in [-0.39, 0.29) is 49.9 Å². The van der Waals surface area contributed by atoms with Crippen LogP contribution in [-0.2, 0) is 20.2 Å². The molecule has 0 amide bonds. The maximum Gasteiger partial charge on any atom is 0.294 e. The summed E-state index contributed by atoms with van der Waals surface area (Å²) >= 11 is 0. The normalized spacial score (nSPS) is 12.6. The van der Waals surface area contributed by atoms with E-state index >= 15 is 0 Å². The highest BCUT2D eigenvalue weighted by molar-refractivity contribution is 7.86. The lowest BCUT2D eigenvalue weighted by atomic mass is 10.1. The summed E-state index contributed by atoms with van der Waals surface area (Å²) in [5.41, 5.74) is 7.76. The van der Waals surface area contributed by atoms with Crippen LogP contribution in [0.3, 0.4) is 0 Å². The first-order valence-corrected chi connectivity index (χ1v) is 16.9. The zero-order valence-corrected chi connectivity index (χ0v) is 26.4. The molecule has 246 valence electrons. The lowest BCUT2D eigenvalue weighted by molar-refractivity contribution is 0.451. The number of fused-ring (bicyclic) bond motifs is 2. The molecule has 0 saturated heterocycles. The molecule has 0 spiro atoms. The number of hydrogen-bond donors (Lipinski definition) is 5. The van der Waals surface area contributed by atoms with E-state index in [0.717, 1.165) is 12.1 Å². The van der Waals surface area contributed by atoms with Crippen molar-refractivity contribution < 1.29 is 36.2 Å². The number of anilines is 1. The molecule has 0 atom stereocenters. The number of benzene rings is 6. The molecule has 0 unspecified atom stereocenters. The van der Waals surface area contributed by atoms with Gasteiger partial charge in [-0.25, -0.2) is 0 Å². The minimum Gasteiger partial charge on any atom is -0.508 e. The molecule has 6 aromatic carbocycles. The molecule has 49 heavy (non-hydrogen) atoms. The van der Waals surface area contributed by atoms with Gasteiger partial charge in [0.15, 0.2) is 0 Å². The minimum absolute atomic E-state index is 0.0215. The molecule has 6 N–H and O–H groups in total. The van der Waals surface area contributed by atoms with E-state index in [0.29, 0.717) is 27.8 Å². The van der Waals surface area contributed by atoms with E-state index in [1.807, 2.05) is 0 Å². The second-order valence-corrected chi connectivity index (χ2v) is 13.3. The fourth-order valence-electron chi connectivity index (χ4n) is 4.73. The number of nitrogens with zero attached hydrogens (tertiary/aromatic N) is 6. The van der Waals surface area contributed by atoms with Crippen LogP contribution < -0.4 is 5.73 Å². The van der Waals surface area contributed by atoms with Crippen molar-refractivity contribution in [1.82, 2.24) is 0 Å². The Morgan fingerprint density at radius 3 is 1.31 bits per heavy atom. The quantitative estimate of drug-likeness (QED) is 0.0578. The van der Waals surface area contributed by atoms with Gasteiger partial charge in [-0.15, -0.1) is 25.6 Å². The Labute approximate surface area is 277 Å². The van der Waals surface area contributed by atoms with Gasteiger partial charge in [0.1, 0.15) is 17.2 Å². The molecule has 0 aromatic heterocycles. The van der Waals surface area contributed by atoms with Crippen LogP contribution in [0.2, 0.25) is 0 Å². The lowest BCUT2D eigenvalue weighted by Gasteiger charge is -2.08. The third kappa shape index (κ3) is 7.24. The maximum absolute atomic E-state index is 12.0. The Kier molecular flexibility index (Phi) is 8.57. The average Bonchev–Trinajstić information content (AvgIpc) is 3.06. The number of phenols is 2. The van der Waals surface area contributed by atoms with Crippen LogP contribution >= 0.6 is 0 Å². The number of hydrogen-bond acceptors (Lipinski definition) is 13. The summed E-state index contributed by atoms with van der Waals surface area (Å²) in [7, 11) is -9.20. The van der Waals surface area contributed by atoms with Crippen molar-refractivity contribution in [3.63, 3.8) is 0 Å². The van der Waals surface area contributed by atoms with Gasteiger partial charge in [-0.2, -0.15) is 21.9 Å². The Hall–Kier alpha value is -6.14. The Morgan fingerprint density at radius 2 is 0.857 bits per heavy atom. The first kappa shape index (κ1) is 32.8. The standard InChI is InChI=1S/C32H23N7O8S2/c33-18-1-3-19(4-2-18)34-35-27-11-13-29(25-16-21(48(42,43)44)6-8-23(25)27)37-36-28-12-14-30(38-39-31-10-5-20(40)15-32(31)41)26-17-22(49(45,46)47)7-9-24(26)28/h1-17,40-41H,33H2,(H,42,43,44)(H,45,46,47). The fourth-order valence-corrected chi connectivity index (χ4v) is 5.74. The number of azo groups is 3. The molecule has 0 heterocycles. The van der Waals surface area contributed by atoms with Crippen molar-refractivity contribution in [1.29, 1.82) is 0 Å². The zero-order valence-electron chi connectivity index (χ0n) is 24.8. The highest BCUT2D eigenvalue weighted by Crippen LogP contribution is 2.40. The van der Waals surface area contributed by atoms with Gasteiger partial charge in [0, 0.05) is 33.3 Å². The Bertz CT molecular complexity index is 2590. The van der Waals surface area contributed by atoms with Crippen LogP contribution in [0, 0.1) is 0 Å². The molecule has 6 aromatic rings. The molecule has 0 aliphatic carbocycles. The topological polar surface area (TPSA) is 249 Å². The van der Waals surface area contributed by atoms with Crippen LogP contribution in [0.15, 0.2) is 144 Å². The van der Waals surface area contributed by atoms with Crippen molar-refractivity contribution >= 4 is 81.6 Å². The third-order valence-corrected chi connectivity index (χ3v) is 8.84. The average molecular weight is 698 g/mol. The summed E-state index contributed by atoms with van der Waals surface area (Å²) in [6, 6.07) is 24.1. The van der Waals surface area contributed by atoms with Crippen LogP contribution in [0.1, 0.15) is 0 Å². The number of aromatic hydroxyl groups is 2. The zero-order chi connectivity index (χ0) is 34.9. The highest BCUT2D eigenvalue weighted by atomic mass is 32.2.